The second-order valence-electron chi connectivity index (χ2n) is 7.63. The van der Waals surface area contributed by atoms with Crippen molar-refractivity contribution in [1.29, 1.82) is 0 Å². The molecule has 1 N–H and O–H groups in total. The lowest BCUT2D eigenvalue weighted by Gasteiger charge is -2.12. The van der Waals surface area contributed by atoms with E-state index in [9.17, 15) is 18.8 Å². The summed E-state index contributed by atoms with van der Waals surface area (Å²) in [7, 11) is 0. The maximum atomic E-state index is 13.5. The predicted molar refractivity (Wildman–Crippen MR) is 127 cm³/mol. The summed E-state index contributed by atoms with van der Waals surface area (Å²) in [5, 5.41) is 3.78. The molecule has 0 saturated heterocycles. The molecule has 0 unspecified atom stereocenters. The highest BCUT2D eigenvalue weighted by Gasteiger charge is 2.22. The second-order valence-corrected chi connectivity index (χ2v) is 8.04. The number of nitrogens with zero attached hydrogens (tertiary/aromatic N) is 2. The molecular weight excluding hydrogens is 461 g/mol. The van der Waals surface area contributed by atoms with Crippen LogP contribution in [0.1, 0.15) is 5.56 Å². The fourth-order valence-electron chi connectivity index (χ4n) is 3.85. The average Bonchev–Trinajstić information content (AvgIpc) is 3.22. The summed E-state index contributed by atoms with van der Waals surface area (Å²) >= 11 is 6.16. The molecule has 0 saturated carbocycles. The lowest BCUT2D eigenvalue weighted by Crippen LogP contribution is -2.41. The van der Waals surface area contributed by atoms with Crippen molar-refractivity contribution in [3.05, 3.63) is 110 Å². The van der Waals surface area contributed by atoms with E-state index in [4.69, 9.17) is 16.0 Å². The van der Waals surface area contributed by atoms with Gasteiger partial charge in [0.25, 0.3) is 0 Å². The number of rotatable bonds is 5. The molecule has 2 heterocycles. The molecule has 0 fully saturated rings. The molecule has 0 bridgehead atoms. The summed E-state index contributed by atoms with van der Waals surface area (Å²) in [5.41, 5.74) is -0.0277. The number of carbonyl (C=O) groups excluding carboxylic acids is 1. The van der Waals surface area contributed by atoms with Crippen LogP contribution in [0.3, 0.4) is 0 Å². The number of hydrogen-bond donors (Lipinski definition) is 1. The summed E-state index contributed by atoms with van der Waals surface area (Å²) in [6.45, 7) is -0.203. The summed E-state index contributed by atoms with van der Waals surface area (Å²) in [5.74, 6) is -0.973. The Hall–Kier alpha value is -4.17. The number of halogens is 2. The molecule has 34 heavy (non-hydrogen) atoms. The van der Waals surface area contributed by atoms with Crippen LogP contribution in [0.15, 0.2) is 86.8 Å². The first-order valence-corrected chi connectivity index (χ1v) is 10.7. The molecule has 0 aliphatic heterocycles. The topological polar surface area (TPSA) is 86.2 Å². The van der Waals surface area contributed by atoms with Crippen LogP contribution >= 0.6 is 11.6 Å². The van der Waals surface area contributed by atoms with Crippen LogP contribution < -0.4 is 16.6 Å². The molecule has 5 aromatic rings. The Morgan fingerprint density at radius 1 is 0.971 bits per heavy atom. The second kappa shape index (κ2) is 8.64. The Balaban J connectivity index is 1.64. The van der Waals surface area contributed by atoms with Gasteiger partial charge >= 0.3 is 11.2 Å². The molecule has 9 heteroatoms. The molecule has 3 aromatic carbocycles. The van der Waals surface area contributed by atoms with Gasteiger partial charge in [-0.15, -0.1) is 0 Å². The lowest BCUT2D eigenvalue weighted by atomic mass is 10.2. The first kappa shape index (κ1) is 21.7. The Bertz CT molecular complexity index is 1670. The molecular formula is C25H17ClFN3O4. The smallest absolute Gasteiger partial charge is 0.336 e. The molecule has 7 nitrogen and oxygen atoms in total. The zero-order valence-corrected chi connectivity index (χ0v) is 18.4. The highest BCUT2D eigenvalue weighted by molar-refractivity contribution is 6.31. The van der Waals surface area contributed by atoms with Crippen LogP contribution in [-0.2, 0) is 17.9 Å². The average molecular weight is 478 g/mol. The number of benzene rings is 3. The zero-order chi connectivity index (χ0) is 23.8. The van der Waals surface area contributed by atoms with Gasteiger partial charge in [-0.3, -0.25) is 14.2 Å². The maximum absolute atomic E-state index is 13.5. The van der Waals surface area contributed by atoms with Gasteiger partial charge in [-0.05, 0) is 48.0 Å². The SMILES string of the molecule is O=C(Cn1c(=O)n(-c2ccc(F)cc2)c(=O)c2oc3ccccc3c21)NCc1ccccc1Cl. The molecule has 0 atom stereocenters. The number of aromatic nitrogens is 2. The van der Waals surface area contributed by atoms with Crippen molar-refractivity contribution in [2.75, 3.05) is 0 Å². The highest BCUT2D eigenvalue weighted by Crippen LogP contribution is 2.26. The van der Waals surface area contributed by atoms with Crippen molar-refractivity contribution in [1.82, 2.24) is 14.5 Å². The number of furan rings is 1. The van der Waals surface area contributed by atoms with Gasteiger partial charge in [0.05, 0.1) is 5.69 Å². The third-order valence-corrected chi connectivity index (χ3v) is 5.85. The minimum absolute atomic E-state index is 0.0796. The molecule has 0 aliphatic rings. The van der Waals surface area contributed by atoms with E-state index in [1.54, 1.807) is 48.5 Å². The largest absolute Gasteiger partial charge is 0.449 e. The van der Waals surface area contributed by atoms with Crippen molar-refractivity contribution >= 4 is 39.6 Å². The van der Waals surface area contributed by atoms with Gasteiger partial charge in [0.1, 0.15) is 23.5 Å². The fraction of sp³-hybridized carbons (Fsp3) is 0.0800. The van der Waals surface area contributed by atoms with Crippen LogP contribution in [0.5, 0.6) is 0 Å². The van der Waals surface area contributed by atoms with Gasteiger partial charge in [-0.1, -0.05) is 41.9 Å². The Kier molecular flexibility index (Phi) is 5.51. The lowest BCUT2D eigenvalue weighted by molar-refractivity contribution is -0.121. The normalized spacial score (nSPS) is 11.2. The van der Waals surface area contributed by atoms with Gasteiger partial charge in [0.2, 0.25) is 11.5 Å². The van der Waals surface area contributed by atoms with Gasteiger partial charge in [-0.25, -0.2) is 13.8 Å². The summed E-state index contributed by atoms with van der Waals surface area (Å²) in [6, 6.07) is 18.9. The zero-order valence-electron chi connectivity index (χ0n) is 17.6. The Morgan fingerprint density at radius 2 is 1.68 bits per heavy atom. The minimum Gasteiger partial charge on any atom is -0.449 e. The molecule has 2 aromatic heterocycles. The number of nitrogens with one attached hydrogen (secondary N) is 1. The van der Waals surface area contributed by atoms with Crippen molar-refractivity contribution in [3.8, 4) is 5.69 Å². The number of fused-ring (bicyclic) bond motifs is 3. The van der Waals surface area contributed by atoms with E-state index in [-0.39, 0.29) is 29.9 Å². The van der Waals surface area contributed by atoms with Gasteiger partial charge in [-0.2, -0.15) is 0 Å². The van der Waals surface area contributed by atoms with Crippen molar-refractivity contribution in [2.45, 2.75) is 13.1 Å². The van der Waals surface area contributed by atoms with Crippen LogP contribution in [0.2, 0.25) is 5.02 Å². The maximum Gasteiger partial charge on any atom is 0.336 e. The highest BCUT2D eigenvalue weighted by atomic mass is 35.5. The molecule has 0 radical (unpaired) electrons. The first-order chi connectivity index (χ1) is 16.4. The summed E-state index contributed by atoms with van der Waals surface area (Å²) in [4.78, 5) is 39.6. The van der Waals surface area contributed by atoms with Gasteiger partial charge < -0.3 is 9.73 Å². The molecule has 170 valence electrons. The summed E-state index contributed by atoms with van der Waals surface area (Å²) in [6.07, 6.45) is 0. The molecule has 0 aliphatic carbocycles. The quantitative estimate of drug-likeness (QED) is 0.414. The van der Waals surface area contributed by atoms with Gasteiger partial charge in [0, 0.05) is 17.0 Å². The van der Waals surface area contributed by atoms with Crippen molar-refractivity contribution in [2.24, 2.45) is 0 Å². The number of amides is 1. The van der Waals surface area contributed by atoms with Crippen LogP contribution in [0.4, 0.5) is 4.39 Å². The number of para-hydroxylation sites is 1. The molecule has 1 amide bonds. The fourth-order valence-corrected chi connectivity index (χ4v) is 4.05. The van der Waals surface area contributed by atoms with E-state index in [1.807, 2.05) is 0 Å². The van der Waals surface area contributed by atoms with Crippen LogP contribution in [0, 0.1) is 5.82 Å². The Labute approximate surface area is 196 Å². The number of hydrogen-bond acceptors (Lipinski definition) is 4. The van der Waals surface area contributed by atoms with E-state index in [2.05, 4.69) is 5.32 Å². The third-order valence-electron chi connectivity index (χ3n) is 5.48. The van der Waals surface area contributed by atoms with Crippen LogP contribution in [-0.4, -0.2) is 15.0 Å². The monoisotopic (exact) mass is 477 g/mol. The minimum atomic E-state index is -0.747. The first-order valence-electron chi connectivity index (χ1n) is 10.4. The molecule has 5 rings (SSSR count). The van der Waals surface area contributed by atoms with E-state index >= 15 is 0 Å². The van der Waals surface area contributed by atoms with Crippen molar-refractivity contribution in [3.63, 3.8) is 0 Å². The Morgan fingerprint density at radius 3 is 2.44 bits per heavy atom. The van der Waals surface area contributed by atoms with E-state index in [0.717, 1.165) is 22.3 Å². The number of carbonyl (C=O) groups is 1. The summed E-state index contributed by atoms with van der Waals surface area (Å²) < 4.78 is 21.3. The van der Waals surface area contributed by atoms with E-state index in [1.165, 1.54) is 16.7 Å². The van der Waals surface area contributed by atoms with Gasteiger partial charge in [0.15, 0.2) is 0 Å². The van der Waals surface area contributed by atoms with Crippen molar-refractivity contribution < 1.29 is 13.6 Å². The standard InChI is InChI=1S/C25H17ClFN3O4/c26-19-7-3-1-5-15(19)13-28-21(31)14-29-22-18-6-2-4-8-20(18)34-23(22)24(32)30(25(29)33)17-11-9-16(27)10-12-17/h1-12H,13-14H2,(H,28,31). The predicted octanol–water partition coefficient (Wildman–Crippen LogP) is 4.01. The third kappa shape index (κ3) is 3.78. The van der Waals surface area contributed by atoms with Crippen LogP contribution in [0.25, 0.3) is 27.8 Å². The van der Waals surface area contributed by atoms with E-state index in [0.29, 0.717) is 16.0 Å². The molecule has 0 spiro atoms. The van der Waals surface area contributed by atoms with E-state index < -0.39 is 23.0 Å².